The largest absolute Gasteiger partial charge is 0.353 e. The van der Waals surface area contributed by atoms with Gasteiger partial charge in [0, 0.05) is 19.1 Å². The van der Waals surface area contributed by atoms with Gasteiger partial charge in [-0.3, -0.25) is 9.59 Å². The molecule has 1 unspecified atom stereocenters. The molecule has 0 aromatic rings. The summed E-state index contributed by atoms with van der Waals surface area (Å²) in [5.74, 6) is -0.0785. The fourth-order valence-electron chi connectivity index (χ4n) is 1.52. The SMILES string of the molecule is CC(C)NCC(=O)N1CCNC(=O)C1C. The summed E-state index contributed by atoms with van der Waals surface area (Å²) in [5, 5.41) is 5.78. The van der Waals surface area contributed by atoms with Gasteiger partial charge in [0.1, 0.15) is 6.04 Å². The molecule has 2 amide bonds. The molecule has 0 bridgehead atoms. The highest BCUT2D eigenvalue weighted by molar-refractivity contribution is 5.89. The molecule has 1 rings (SSSR count). The minimum Gasteiger partial charge on any atom is -0.353 e. The van der Waals surface area contributed by atoms with Gasteiger partial charge in [-0.05, 0) is 6.92 Å². The Bertz CT molecular complexity index is 253. The standard InChI is InChI=1S/C10H19N3O2/c1-7(2)12-6-9(14)13-5-4-11-10(15)8(13)3/h7-8,12H,4-6H2,1-3H3,(H,11,15). The molecule has 0 aromatic heterocycles. The van der Waals surface area contributed by atoms with Crippen molar-refractivity contribution in [2.75, 3.05) is 19.6 Å². The van der Waals surface area contributed by atoms with Crippen LogP contribution in [-0.4, -0.2) is 48.4 Å². The number of rotatable bonds is 3. The zero-order chi connectivity index (χ0) is 11.4. The van der Waals surface area contributed by atoms with Crippen LogP contribution < -0.4 is 10.6 Å². The van der Waals surface area contributed by atoms with E-state index in [0.717, 1.165) is 0 Å². The van der Waals surface area contributed by atoms with Crippen LogP contribution in [0.2, 0.25) is 0 Å². The first-order valence-electron chi connectivity index (χ1n) is 5.33. The van der Waals surface area contributed by atoms with Crippen LogP contribution in [0.25, 0.3) is 0 Å². The predicted molar refractivity (Wildman–Crippen MR) is 57.3 cm³/mol. The van der Waals surface area contributed by atoms with E-state index in [-0.39, 0.29) is 23.9 Å². The summed E-state index contributed by atoms with van der Waals surface area (Å²) in [6, 6.07) is -0.0666. The first kappa shape index (κ1) is 12.0. The van der Waals surface area contributed by atoms with Crippen LogP contribution in [0.1, 0.15) is 20.8 Å². The number of nitrogens with one attached hydrogen (secondary N) is 2. The number of nitrogens with zero attached hydrogens (tertiary/aromatic N) is 1. The third-order valence-electron chi connectivity index (χ3n) is 2.48. The van der Waals surface area contributed by atoms with Gasteiger partial charge in [-0.15, -0.1) is 0 Å². The van der Waals surface area contributed by atoms with Gasteiger partial charge in [0.25, 0.3) is 0 Å². The number of carbonyl (C=O) groups is 2. The van der Waals surface area contributed by atoms with Crippen molar-refractivity contribution in [2.24, 2.45) is 0 Å². The van der Waals surface area contributed by atoms with E-state index in [9.17, 15) is 9.59 Å². The first-order chi connectivity index (χ1) is 7.02. The fourth-order valence-corrected chi connectivity index (χ4v) is 1.52. The van der Waals surface area contributed by atoms with E-state index in [2.05, 4.69) is 10.6 Å². The lowest BCUT2D eigenvalue weighted by atomic mass is 10.2. The highest BCUT2D eigenvalue weighted by atomic mass is 16.2. The molecule has 2 N–H and O–H groups in total. The molecule has 0 radical (unpaired) electrons. The van der Waals surface area contributed by atoms with Gasteiger partial charge in [0.05, 0.1) is 6.54 Å². The molecule has 1 fully saturated rings. The topological polar surface area (TPSA) is 61.4 Å². The van der Waals surface area contributed by atoms with E-state index in [1.807, 2.05) is 13.8 Å². The number of hydrogen-bond acceptors (Lipinski definition) is 3. The Kier molecular flexibility index (Phi) is 4.08. The van der Waals surface area contributed by atoms with Crippen molar-refractivity contribution in [3.8, 4) is 0 Å². The lowest BCUT2D eigenvalue weighted by Gasteiger charge is -2.33. The molecule has 5 heteroatoms. The molecule has 15 heavy (non-hydrogen) atoms. The zero-order valence-corrected chi connectivity index (χ0v) is 9.54. The number of carbonyl (C=O) groups excluding carboxylic acids is 2. The van der Waals surface area contributed by atoms with Crippen LogP contribution in [-0.2, 0) is 9.59 Å². The predicted octanol–water partition coefficient (Wildman–Crippen LogP) is -0.669. The lowest BCUT2D eigenvalue weighted by molar-refractivity contribution is -0.141. The summed E-state index contributed by atoms with van der Waals surface area (Å²) in [4.78, 5) is 24.7. The van der Waals surface area contributed by atoms with Crippen molar-refractivity contribution in [1.29, 1.82) is 0 Å². The average Bonchev–Trinajstić information content (AvgIpc) is 2.18. The van der Waals surface area contributed by atoms with Crippen molar-refractivity contribution in [1.82, 2.24) is 15.5 Å². The highest BCUT2D eigenvalue weighted by Crippen LogP contribution is 2.03. The fraction of sp³-hybridized carbons (Fsp3) is 0.800. The summed E-state index contributed by atoms with van der Waals surface area (Å²) in [5.41, 5.74) is 0. The maximum atomic E-state index is 11.7. The van der Waals surface area contributed by atoms with Gasteiger partial charge in [0.2, 0.25) is 11.8 Å². The molecule has 1 saturated heterocycles. The van der Waals surface area contributed by atoms with Crippen LogP contribution in [0.4, 0.5) is 0 Å². The molecule has 1 aliphatic rings. The van der Waals surface area contributed by atoms with Gasteiger partial charge in [-0.2, -0.15) is 0 Å². The molecular weight excluding hydrogens is 194 g/mol. The van der Waals surface area contributed by atoms with Gasteiger partial charge < -0.3 is 15.5 Å². The van der Waals surface area contributed by atoms with Crippen molar-refractivity contribution in [3.05, 3.63) is 0 Å². The van der Waals surface area contributed by atoms with E-state index < -0.39 is 0 Å². The van der Waals surface area contributed by atoms with Gasteiger partial charge in [-0.25, -0.2) is 0 Å². The minimum atomic E-state index is -0.347. The van der Waals surface area contributed by atoms with E-state index in [1.54, 1.807) is 11.8 Å². The second-order valence-electron chi connectivity index (χ2n) is 4.09. The first-order valence-corrected chi connectivity index (χ1v) is 5.33. The lowest BCUT2D eigenvalue weighted by Crippen LogP contribution is -2.57. The van der Waals surface area contributed by atoms with Gasteiger partial charge in [0.15, 0.2) is 0 Å². The van der Waals surface area contributed by atoms with Crippen LogP contribution in [0.15, 0.2) is 0 Å². The number of piperazine rings is 1. The smallest absolute Gasteiger partial charge is 0.242 e. The molecule has 1 heterocycles. The summed E-state index contributed by atoms with van der Waals surface area (Å²) < 4.78 is 0. The Morgan fingerprint density at radius 1 is 1.67 bits per heavy atom. The second kappa shape index (κ2) is 5.11. The Balaban J connectivity index is 2.47. The van der Waals surface area contributed by atoms with E-state index in [1.165, 1.54) is 0 Å². The molecule has 0 spiro atoms. The molecule has 5 nitrogen and oxygen atoms in total. The Labute approximate surface area is 90.2 Å². The Morgan fingerprint density at radius 2 is 2.33 bits per heavy atom. The van der Waals surface area contributed by atoms with Crippen LogP contribution in [0.3, 0.4) is 0 Å². The van der Waals surface area contributed by atoms with Crippen LogP contribution >= 0.6 is 0 Å². The second-order valence-corrected chi connectivity index (χ2v) is 4.09. The molecule has 1 aliphatic heterocycles. The van der Waals surface area contributed by atoms with Crippen molar-refractivity contribution < 1.29 is 9.59 Å². The molecule has 1 atom stereocenters. The molecule has 86 valence electrons. The van der Waals surface area contributed by atoms with Crippen LogP contribution in [0.5, 0.6) is 0 Å². The molecule has 0 aliphatic carbocycles. The molecular formula is C10H19N3O2. The molecule has 0 saturated carbocycles. The minimum absolute atomic E-state index is 0.00829. The van der Waals surface area contributed by atoms with E-state index in [4.69, 9.17) is 0 Å². The van der Waals surface area contributed by atoms with Crippen LogP contribution in [0, 0.1) is 0 Å². The normalized spacial score (nSPS) is 21.7. The monoisotopic (exact) mass is 213 g/mol. The summed E-state index contributed by atoms with van der Waals surface area (Å²) in [6.07, 6.45) is 0. The maximum absolute atomic E-state index is 11.7. The summed E-state index contributed by atoms with van der Waals surface area (Å²) in [6.45, 7) is 7.18. The van der Waals surface area contributed by atoms with E-state index in [0.29, 0.717) is 19.6 Å². The Hall–Kier alpha value is -1.10. The maximum Gasteiger partial charge on any atom is 0.242 e. The average molecular weight is 213 g/mol. The molecule has 0 aromatic carbocycles. The zero-order valence-electron chi connectivity index (χ0n) is 9.54. The number of hydrogen-bond donors (Lipinski definition) is 2. The van der Waals surface area contributed by atoms with Crippen molar-refractivity contribution in [3.63, 3.8) is 0 Å². The van der Waals surface area contributed by atoms with Gasteiger partial charge in [-0.1, -0.05) is 13.8 Å². The number of amides is 2. The van der Waals surface area contributed by atoms with Gasteiger partial charge >= 0.3 is 0 Å². The van der Waals surface area contributed by atoms with Crippen molar-refractivity contribution >= 4 is 11.8 Å². The third-order valence-corrected chi connectivity index (χ3v) is 2.48. The quantitative estimate of drug-likeness (QED) is 0.653. The summed E-state index contributed by atoms with van der Waals surface area (Å²) >= 11 is 0. The highest BCUT2D eigenvalue weighted by Gasteiger charge is 2.28. The van der Waals surface area contributed by atoms with E-state index >= 15 is 0 Å². The van der Waals surface area contributed by atoms with Crippen molar-refractivity contribution in [2.45, 2.75) is 32.9 Å². The third kappa shape index (κ3) is 3.20. The Morgan fingerprint density at radius 3 is 2.93 bits per heavy atom. The summed E-state index contributed by atoms with van der Waals surface area (Å²) in [7, 11) is 0.